The van der Waals surface area contributed by atoms with E-state index in [1.807, 2.05) is 0 Å². The van der Waals surface area contributed by atoms with Crippen LogP contribution in [0.25, 0.3) is 17.0 Å². The maximum atomic E-state index is 12.4. The molecule has 1 N–H and O–H groups in total. The van der Waals surface area contributed by atoms with Gasteiger partial charge in [0.1, 0.15) is 0 Å². The molecule has 0 saturated carbocycles. The van der Waals surface area contributed by atoms with Crippen LogP contribution in [0.4, 0.5) is 0 Å². The maximum absolute atomic E-state index is 12.4. The number of H-pyrrole nitrogens is 1. The zero-order valence-corrected chi connectivity index (χ0v) is 16.0. The number of rotatable bonds is 5. The zero-order chi connectivity index (χ0) is 19.6. The highest BCUT2D eigenvalue weighted by molar-refractivity contribution is 6.43. The Morgan fingerprint density at radius 2 is 1.81 bits per heavy atom. The van der Waals surface area contributed by atoms with Crippen LogP contribution in [0.3, 0.4) is 0 Å². The van der Waals surface area contributed by atoms with Gasteiger partial charge in [-0.25, -0.2) is 0 Å². The first-order valence-corrected chi connectivity index (χ1v) is 8.99. The summed E-state index contributed by atoms with van der Waals surface area (Å²) in [7, 11) is 0. The van der Waals surface area contributed by atoms with E-state index in [1.54, 1.807) is 36.4 Å². The van der Waals surface area contributed by atoms with E-state index in [4.69, 9.17) is 34.8 Å². The number of ketones is 2. The summed E-state index contributed by atoms with van der Waals surface area (Å²) >= 11 is 17.9. The summed E-state index contributed by atoms with van der Waals surface area (Å²) in [5.74, 6) is -1.02. The van der Waals surface area contributed by atoms with Crippen LogP contribution in [0.15, 0.2) is 53.3 Å². The molecule has 0 aliphatic rings. The van der Waals surface area contributed by atoms with Gasteiger partial charge in [0, 0.05) is 10.5 Å². The van der Waals surface area contributed by atoms with Crippen LogP contribution in [-0.4, -0.2) is 16.6 Å². The molecule has 0 bridgehead atoms. The Hall–Kier alpha value is -2.40. The molecule has 2 aromatic carbocycles. The summed E-state index contributed by atoms with van der Waals surface area (Å²) in [4.78, 5) is 39.2. The minimum absolute atomic E-state index is 0.0765. The van der Waals surface area contributed by atoms with Crippen LogP contribution in [0.5, 0.6) is 0 Å². The Bertz CT molecular complexity index is 1150. The second-order valence-electron chi connectivity index (χ2n) is 5.79. The smallest absolute Gasteiger partial charge is 0.259 e. The average molecular weight is 421 g/mol. The molecule has 0 radical (unpaired) electrons. The van der Waals surface area contributed by atoms with Gasteiger partial charge >= 0.3 is 0 Å². The van der Waals surface area contributed by atoms with Crippen molar-refractivity contribution >= 4 is 63.3 Å². The van der Waals surface area contributed by atoms with Crippen molar-refractivity contribution in [1.82, 2.24) is 4.98 Å². The number of halogens is 3. The second-order valence-corrected chi connectivity index (χ2v) is 7.01. The van der Waals surface area contributed by atoms with E-state index in [1.165, 1.54) is 18.2 Å². The van der Waals surface area contributed by atoms with Gasteiger partial charge in [-0.15, -0.1) is 0 Å². The molecular weight excluding hydrogens is 409 g/mol. The lowest BCUT2D eigenvalue weighted by atomic mass is 10.0. The normalized spacial score (nSPS) is 11.2. The summed E-state index contributed by atoms with van der Waals surface area (Å²) < 4.78 is 0. The zero-order valence-electron chi connectivity index (χ0n) is 13.8. The van der Waals surface area contributed by atoms with E-state index < -0.39 is 23.5 Å². The summed E-state index contributed by atoms with van der Waals surface area (Å²) in [5, 5.41) is 1.80. The van der Waals surface area contributed by atoms with Gasteiger partial charge in [0.05, 0.1) is 22.0 Å². The van der Waals surface area contributed by atoms with E-state index in [0.717, 1.165) is 0 Å². The Morgan fingerprint density at radius 1 is 1.04 bits per heavy atom. The number of allylic oxidation sites excluding steroid dienone is 1. The van der Waals surface area contributed by atoms with Gasteiger partial charge in [-0.05, 0) is 47.4 Å². The molecule has 0 saturated heterocycles. The van der Waals surface area contributed by atoms with Crippen LogP contribution in [-0.2, 0) is 4.79 Å². The average Bonchev–Trinajstić information content (AvgIpc) is 2.62. The van der Waals surface area contributed by atoms with Crippen LogP contribution >= 0.6 is 34.8 Å². The van der Waals surface area contributed by atoms with Crippen LogP contribution in [0.2, 0.25) is 15.1 Å². The summed E-state index contributed by atoms with van der Waals surface area (Å²) in [6, 6.07) is 11.4. The lowest BCUT2D eigenvalue weighted by Gasteiger charge is -2.03. The van der Waals surface area contributed by atoms with E-state index in [2.05, 4.69) is 4.98 Å². The SMILES string of the molecule is O=C(C=Cc1cccc(Cl)c1Cl)CC(=O)c1cc2ccc(Cl)cc2[nH]c1=O. The van der Waals surface area contributed by atoms with Gasteiger partial charge in [0.2, 0.25) is 0 Å². The largest absolute Gasteiger partial charge is 0.321 e. The first-order chi connectivity index (χ1) is 12.8. The molecule has 3 aromatic rings. The minimum atomic E-state index is -0.569. The molecule has 0 amide bonds. The third kappa shape index (κ3) is 4.48. The van der Waals surface area contributed by atoms with E-state index >= 15 is 0 Å². The fraction of sp³-hybridized carbons (Fsp3) is 0.0500. The van der Waals surface area contributed by atoms with Gasteiger partial charge in [-0.2, -0.15) is 0 Å². The molecule has 7 heteroatoms. The number of benzene rings is 2. The number of fused-ring (bicyclic) bond motifs is 1. The molecule has 0 aliphatic carbocycles. The molecule has 0 unspecified atom stereocenters. The van der Waals surface area contributed by atoms with Gasteiger partial charge < -0.3 is 4.98 Å². The van der Waals surface area contributed by atoms with Gasteiger partial charge in [-0.3, -0.25) is 14.4 Å². The molecule has 3 rings (SSSR count). The van der Waals surface area contributed by atoms with Gasteiger partial charge in [0.15, 0.2) is 11.6 Å². The van der Waals surface area contributed by atoms with E-state index in [-0.39, 0.29) is 5.56 Å². The molecule has 4 nitrogen and oxygen atoms in total. The Labute approximate surface area is 169 Å². The van der Waals surface area contributed by atoms with Crippen molar-refractivity contribution in [3.63, 3.8) is 0 Å². The fourth-order valence-corrected chi connectivity index (χ4v) is 3.07. The monoisotopic (exact) mass is 419 g/mol. The number of aromatic nitrogens is 1. The number of pyridine rings is 1. The van der Waals surface area contributed by atoms with Crippen molar-refractivity contribution in [2.45, 2.75) is 6.42 Å². The van der Waals surface area contributed by atoms with Crippen LogP contribution in [0, 0.1) is 0 Å². The maximum Gasteiger partial charge on any atom is 0.259 e. The van der Waals surface area contributed by atoms with Gasteiger partial charge in [0.25, 0.3) is 5.56 Å². The lowest BCUT2D eigenvalue weighted by molar-refractivity contribution is -0.113. The molecule has 0 aliphatic heterocycles. The van der Waals surface area contributed by atoms with Crippen molar-refractivity contribution in [2.75, 3.05) is 0 Å². The summed E-state index contributed by atoms with van der Waals surface area (Å²) in [6.45, 7) is 0. The summed E-state index contributed by atoms with van der Waals surface area (Å²) in [5.41, 5.74) is 0.438. The second kappa shape index (κ2) is 8.09. The number of carbonyl (C=O) groups excluding carboxylic acids is 2. The first-order valence-electron chi connectivity index (χ1n) is 7.86. The highest BCUT2D eigenvalue weighted by Crippen LogP contribution is 2.26. The topological polar surface area (TPSA) is 67.0 Å². The molecule has 1 heterocycles. The van der Waals surface area contributed by atoms with Crippen molar-refractivity contribution in [3.05, 3.63) is 85.1 Å². The Balaban J connectivity index is 1.79. The number of hydrogen-bond acceptors (Lipinski definition) is 3. The predicted octanol–water partition coefficient (Wildman–Crippen LogP) is 5.34. The van der Waals surface area contributed by atoms with E-state index in [0.29, 0.717) is 31.5 Å². The molecule has 0 spiro atoms. The number of Topliss-reactive ketones (excluding diaryl/α,β-unsaturated/α-hetero) is 1. The fourth-order valence-electron chi connectivity index (χ4n) is 2.52. The van der Waals surface area contributed by atoms with Crippen molar-refractivity contribution in [2.24, 2.45) is 0 Å². The summed E-state index contributed by atoms with van der Waals surface area (Å²) in [6.07, 6.45) is 2.29. The quantitative estimate of drug-likeness (QED) is 0.344. The Morgan fingerprint density at radius 3 is 2.59 bits per heavy atom. The third-order valence-electron chi connectivity index (χ3n) is 3.87. The third-order valence-corrected chi connectivity index (χ3v) is 4.94. The molecule has 1 aromatic heterocycles. The lowest BCUT2D eigenvalue weighted by Crippen LogP contribution is -2.19. The standard InChI is InChI=1S/C20H12Cl3NO3/c21-13-6-4-12-8-15(20(27)24-17(12)9-13)18(26)10-14(25)7-5-11-2-1-3-16(22)19(11)23/h1-9H,10H2,(H,24,27). The number of carbonyl (C=O) groups is 2. The highest BCUT2D eigenvalue weighted by atomic mass is 35.5. The number of hydrogen-bond donors (Lipinski definition) is 1. The minimum Gasteiger partial charge on any atom is -0.321 e. The number of aromatic amines is 1. The first kappa shape index (κ1) is 19.4. The molecule has 27 heavy (non-hydrogen) atoms. The predicted molar refractivity (Wildman–Crippen MR) is 109 cm³/mol. The Kier molecular flexibility index (Phi) is 5.80. The highest BCUT2D eigenvalue weighted by Gasteiger charge is 2.15. The van der Waals surface area contributed by atoms with Gasteiger partial charge in [-0.1, -0.05) is 53.0 Å². The molecule has 136 valence electrons. The molecule has 0 fully saturated rings. The van der Waals surface area contributed by atoms with Crippen molar-refractivity contribution in [1.29, 1.82) is 0 Å². The van der Waals surface area contributed by atoms with E-state index in [9.17, 15) is 14.4 Å². The van der Waals surface area contributed by atoms with Crippen molar-refractivity contribution in [3.8, 4) is 0 Å². The number of nitrogens with one attached hydrogen (secondary N) is 1. The molecule has 0 atom stereocenters. The van der Waals surface area contributed by atoms with Crippen molar-refractivity contribution < 1.29 is 9.59 Å². The van der Waals surface area contributed by atoms with Crippen LogP contribution < -0.4 is 5.56 Å². The van der Waals surface area contributed by atoms with Crippen LogP contribution in [0.1, 0.15) is 22.3 Å². The molecular formula is C20H12Cl3NO3.